The molecule has 2 aromatic rings. The summed E-state index contributed by atoms with van der Waals surface area (Å²) in [5, 5.41) is 21.7. The fraction of sp³-hybridized carbons (Fsp3) is 0.556. The Labute approximate surface area is 141 Å². The van der Waals surface area contributed by atoms with Crippen LogP contribution in [0.1, 0.15) is 54.6 Å². The SMILES string of the molecule is OCc1ccc(CN2CCCCC[C@@H]2C[C@@H](O)c2cccs2)o1. The van der Waals surface area contributed by atoms with Crippen molar-refractivity contribution in [1.82, 2.24) is 4.90 Å². The maximum Gasteiger partial charge on any atom is 0.129 e. The summed E-state index contributed by atoms with van der Waals surface area (Å²) in [5.41, 5.74) is 0. The van der Waals surface area contributed by atoms with Crippen molar-refractivity contribution in [3.8, 4) is 0 Å². The molecule has 1 saturated heterocycles. The van der Waals surface area contributed by atoms with Gasteiger partial charge in [-0.15, -0.1) is 11.3 Å². The van der Waals surface area contributed by atoms with Crippen LogP contribution in [-0.4, -0.2) is 27.7 Å². The molecule has 0 spiro atoms. The van der Waals surface area contributed by atoms with Gasteiger partial charge in [0, 0.05) is 10.9 Å². The average Bonchev–Trinajstić information content (AvgIpc) is 3.19. The molecular weight excluding hydrogens is 310 g/mol. The highest BCUT2D eigenvalue weighted by atomic mass is 32.1. The monoisotopic (exact) mass is 335 g/mol. The van der Waals surface area contributed by atoms with Crippen LogP contribution in [0.2, 0.25) is 0 Å². The van der Waals surface area contributed by atoms with Crippen molar-refractivity contribution in [2.24, 2.45) is 0 Å². The topological polar surface area (TPSA) is 56.8 Å². The zero-order valence-corrected chi connectivity index (χ0v) is 14.2. The number of nitrogens with zero attached hydrogens (tertiary/aromatic N) is 1. The second-order valence-corrected chi connectivity index (χ2v) is 7.25. The van der Waals surface area contributed by atoms with Crippen molar-refractivity contribution in [1.29, 1.82) is 0 Å². The fourth-order valence-corrected chi connectivity index (χ4v) is 4.08. The third-order valence-corrected chi connectivity index (χ3v) is 5.57. The number of aliphatic hydroxyl groups excluding tert-OH is 2. The Morgan fingerprint density at radius 3 is 2.83 bits per heavy atom. The summed E-state index contributed by atoms with van der Waals surface area (Å²) in [4.78, 5) is 3.49. The van der Waals surface area contributed by atoms with Crippen molar-refractivity contribution in [2.45, 2.75) is 57.4 Å². The molecule has 0 bridgehead atoms. The van der Waals surface area contributed by atoms with E-state index >= 15 is 0 Å². The molecule has 0 saturated carbocycles. The summed E-state index contributed by atoms with van der Waals surface area (Å²) in [7, 11) is 0. The standard InChI is InChI=1S/C18H25NO3S/c20-13-16-8-7-15(22-16)12-19-9-3-1-2-5-14(19)11-17(21)18-6-4-10-23-18/h4,6-8,10,14,17,20-21H,1-3,5,9,11-13H2/t14-,17-/m1/s1. The molecular formula is C18H25NO3S. The molecule has 1 aliphatic rings. The van der Waals surface area contributed by atoms with Crippen molar-refractivity contribution in [3.63, 3.8) is 0 Å². The molecule has 126 valence electrons. The van der Waals surface area contributed by atoms with Gasteiger partial charge in [0.2, 0.25) is 0 Å². The van der Waals surface area contributed by atoms with E-state index in [-0.39, 0.29) is 12.7 Å². The van der Waals surface area contributed by atoms with Crippen LogP contribution < -0.4 is 0 Å². The summed E-state index contributed by atoms with van der Waals surface area (Å²) in [6, 6.07) is 8.16. The van der Waals surface area contributed by atoms with Gasteiger partial charge in [0.1, 0.15) is 18.1 Å². The van der Waals surface area contributed by atoms with Crippen molar-refractivity contribution in [2.75, 3.05) is 6.54 Å². The molecule has 5 heteroatoms. The summed E-state index contributed by atoms with van der Waals surface area (Å²) in [6.07, 6.45) is 5.18. The Morgan fingerprint density at radius 1 is 1.22 bits per heavy atom. The normalized spacial score (nSPS) is 21.2. The Bertz CT molecular complexity index is 581. The average molecular weight is 335 g/mol. The summed E-state index contributed by atoms with van der Waals surface area (Å²) < 4.78 is 5.65. The lowest BCUT2D eigenvalue weighted by Crippen LogP contribution is -2.35. The van der Waals surface area contributed by atoms with Gasteiger partial charge in [0.15, 0.2) is 0 Å². The van der Waals surface area contributed by atoms with Gasteiger partial charge < -0.3 is 14.6 Å². The fourth-order valence-electron chi connectivity index (χ4n) is 3.36. The van der Waals surface area contributed by atoms with E-state index in [4.69, 9.17) is 9.52 Å². The molecule has 0 aromatic carbocycles. The van der Waals surface area contributed by atoms with Crippen molar-refractivity contribution < 1.29 is 14.6 Å². The molecule has 2 atom stereocenters. The van der Waals surface area contributed by atoms with Crippen LogP contribution in [0, 0.1) is 0 Å². The van der Waals surface area contributed by atoms with Crippen LogP contribution in [0.5, 0.6) is 0 Å². The summed E-state index contributed by atoms with van der Waals surface area (Å²) >= 11 is 1.62. The van der Waals surface area contributed by atoms with E-state index in [1.807, 2.05) is 29.6 Å². The summed E-state index contributed by atoms with van der Waals surface area (Å²) in [5.74, 6) is 1.51. The third-order valence-electron chi connectivity index (χ3n) is 4.60. The zero-order chi connectivity index (χ0) is 16.1. The third kappa shape index (κ3) is 4.44. The number of thiophene rings is 1. The molecule has 4 nitrogen and oxygen atoms in total. The van der Waals surface area contributed by atoms with Crippen LogP contribution >= 0.6 is 11.3 Å². The molecule has 23 heavy (non-hydrogen) atoms. The van der Waals surface area contributed by atoms with Crippen LogP contribution in [-0.2, 0) is 13.2 Å². The maximum atomic E-state index is 10.5. The van der Waals surface area contributed by atoms with Gasteiger partial charge in [0.05, 0.1) is 12.6 Å². The number of furan rings is 1. The van der Waals surface area contributed by atoms with Gasteiger partial charge in [-0.05, 0) is 49.4 Å². The number of rotatable bonds is 6. The minimum atomic E-state index is -0.384. The highest BCUT2D eigenvalue weighted by Crippen LogP contribution is 2.29. The smallest absolute Gasteiger partial charge is 0.129 e. The number of aliphatic hydroxyl groups is 2. The first kappa shape index (κ1) is 16.7. The van der Waals surface area contributed by atoms with E-state index in [9.17, 15) is 5.11 Å². The van der Waals surface area contributed by atoms with Crippen LogP contribution in [0.3, 0.4) is 0 Å². The molecule has 0 aliphatic carbocycles. The lowest BCUT2D eigenvalue weighted by Gasteiger charge is -2.30. The van der Waals surface area contributed by atoms with Crippen molar-refractivity contribution in [3.05, 3.63) is 46.0 Å². The number of hydrogen-bond donors (Lipinski definition) is 2. The quantitative estimate of drug-likeness (QED) is 0.845. The minimum absolute atomic E-state index is 0.0550. The minimum Gasteiger partial charge on any atom is -0.462 e. The Morgan fingerprint density at radius 2 is 2.09 bits per heavy atom. The van der Waals surface area contributed by atoms with Crippen LogP contribution in [0.15, 0.2) is 34.1 Å². The predicted octanol–water partition coefficient (Wildman–Crippen LogP) is 3.70. The Kier molecular flexibility index (Phi) is 5.89. The highest BCUT2D eigenvalue weighted by Gasteiger charge is 2.25. The van der Waals surface area contributed by atoms with Gasteiger partial charge in [-0.3, -0.25) is 4.90 Å². The Hall–Kier alpha value is -1.14. The van der Waals surface area contributed by atoms with Gasteiger partial charge in [0.25, 0.3) is 0 Å². The lowest BCUT2D eigenvalue weighted by atomic mass is 10.0. The second kappa shape index (κ2) is 8.11. The number of likely N-dealkylation sites (tertiary alicyclic amines) is 1. The van der Waals surface area contributed by atoms with E-state index < -0.39 is 0 Å². The molecule has 0 amide bonds. The first-order valence-corrected chi connectivity index (χ1v) is 9.28. The molecule has 1 fully saturated rings. The van der Waals surface area contributed by atoms with E-state index in [1.165, 1.54) is 19.3 Å². The molecule has 3 heterocycles. The highest BCUT2D eigenvalue weighted by molar-refractivity contribution is 7.10. The Balaban J connectivity index is 1.66. The second-order valence-electron chi connectivity index (χ2n) is 6.27. The van der Waals surface area contributed by atoms with E-state index in [1.54, 1.807) is 11.3 Å². The zero-order valence-electron chi connectivity index (χ0n) is 13.4. The lowest BCUT2D eigenvalue weighted by molar-refractivity contribution is 0.0945. The van der Waals surface area contributed by atoms with Gasteiger partial charge in [-0.2, -0.15) is 0 Å². The van der Waals surface area contributed by atoms with Gasteiger partial charge >= 0.3 is 0 Å². The first-order chi connectivity index (χ1) is 11.3. The van der Waals surface area contributed by atoms with E-state index in [0.29, 0.717) is 11.8 Å². The molecule has 1 aliphatic heterocycles. The van der Waals surface area contributed by atoms with Gasteiger partial charge in [-0.25, -0.2) is 0 Å². The van der Waals surface area contributed by atoms with Crippen LogP contribution in [0.4, 0.5) is 0 Å². The molecule has 3 rings (SSSR count). The molecule has 0 radical (unpaired) electrons. The maximum absolute atomic E-state index is 10.5. The molecule has 2 aromatic heterocycles. The largest absolute Gasteiger partial charge is 0.462 e. The summed E-state index contributed by atoms with van der Waals surface area (Å²) in [6.45, 7) is 1.74. The first-order valence-electron chi connectivity index (χ1n) is 8.40. The van der Waals surface area contributed by atoms with E-state index in [2.05, 4.69) is 4.90 Å². The van der Waals surface area contributed by atoms with Crippen LogP contribution in [0.25, 0.3) is 0 Å². The molecule has 2 N–H and O–H groups in total. The molecule has 0 unspecified atom stereocenters. The van der Waals surface area contributed by atoms with Crippen molar-refractivity contribution >= 4 is 11.3 Å². The van der Waals surface area contributed by atoms with Gasteiger partial charge in [-0.1, -0.05) is 18.9 Å². The predicted molar refractivity (Wildman–Crippen MR) is 91.2 cm³/mol. The number of hydrogen-bond acceptors (Lipinski definition) is 5. The van der Waals surface area contributed by atoms with E-state index in [0.717, 1.165) is 36.6 Å².